The Morgan fingerprint density at radius 1 is 1.39 bits per heavy atom. The molecule has 1 aliphatic rings. The van der Waals surface area contributed by atoms with Crippen LogP contribution in [-0.2, 0) is 19.1 Å². The summed E-state index contributed by atoms with van der Waals surface area (Å²) < 4.78 is 4.70. The van der Waals surface area contributed by atoms with Crippen molar-refractivity contribution in [2.24, 2.45) is 11.7 Å². The van der Waals surface area contributed by atoms with Gasteiger partial charge in [0, 0.05) is 6.54 Å². The number of piperidine rings is 1. The molecule has 2 atom stereocenters. The molecule has 2 amide bonds. The van der Waals surface area contributed by atoms with E-state index in [0.717, 1.165) is 0 Å². The average molecular weight is 329 g/mol. The minimum atomic E-state index is -1.60. The predicted molar refractivity (Wildman–Crippen MR) is 83.2 cm³/mol. The van der Waals surface area contributed by atoms with Gasteiger partial charge in [-0.3, -0.25) is 14.5 Å². The minimum Gasteiger partial charge on any atom is -0.467 e. The molecule has 0 radical (unpaired) electrons. The van der Waals surface area contributed by atoms with Crippen molar-refractivity contribution >= 4 is 17.8 Å². The average Bonchev–Trinajstić information content (AvgIpc) is 2.45. The first-order valence-corrected chi connectivity index (χ1v) is 7.79. The molecule has 8 nitrogen and oxygen atoms in total. The molecule has 1 saturated heterocycles. The van der Waals surface area contributed by atoms with Crippen molar-refractivity contribution < 1.29 is 24.2 Å². The standard InChI is InChI=1S/C15H27N3O5/c1-10(2)7-11(13(20)23-3)17-12(19)8-18-6-4-5-15(22,9-18)14(16)21/h10-11,22H,4-9H2,1-3H3,(H2,16,21)(H,17,19). The normalized spacial score (nSPS) is 23.3. The third-order valence-electron chi connectivity index (χ3n) is 3.90. The van der Waals surface area contributed by atoms with Gasteiger partial charge in [-0.05, 0) is 31.7 Å². The Kier molecular flexibility index (Phi) is 6.96. The van der Waals surface area contributed by atoms with Crippen LogP contribution < -0.4 is 11.1 Å². The lowest BCUT2D eigenvalue weighted by molar-refractivity contribution is -0.146. The Balaban J connectivity index is 2.60. The van der Waals surface area contributed by atoms with Crippen LogP contribution in [0.25, 0.3) is 0 Å². The number of hydrogen-bond acceptors (Lipinski definition) is 6. The van der Waals surface area contributed by atoms with Crippen LogP contribution in [0.1, 0.15) is 33.1 Å². The monoisotopic (exact) mass is 329 g/mol. The molecule has 0 aromatic heterocycles. The Morgan fingerprint density at radius 3 is 2.57 bits per heavy atom. The smallest absolute Gasteiger partial charge is 0.328 e. The molecule has 0 saturated carbocycles. The van der Waals surface area contributed by atoms with E-state index >= 15 is 0 Å². The lowest BCUT2D eigenvalue weighted by atomic mass is 9.92. The first-order chi connectivity index (χ1) is 10.7. The summed E-state index contributed by atoms with van der Waals surface area (Å²) in [5.74, 6) is -1.40. The highest BCUT2D eigenvalue weighted by Crippen LogP contribution is 2.20. The third kappa shape index (κ3) is 5.80. The lowest BCUT2D eigenvalue weighted by Gasteiger charge is -2.36. The van der Waals surface area contributed by atoms with Gasteiger partial charge in [-0.25, -0.2) is 4.79 Å². The van der Waals surface area contributed by atoms with Crippen molar-refractivity contribution in [3.05, 3.63) is 0 Å². The summed E-state index contributed by atoms with van der Waals surface area (Å²) >= 11 is 0. The summed E-state index contributed by atoms with van der Waals surface area (Å²) in [5.41, 5.74) is 3.61. The van der Waals surface area contributed by atoms with Gasteiger partial charge in [0.05, 0.1) is 13.7 Å². The van der Waals surface area contributed by atoms with Gasteiger partial charge < -0.3 is 20.9 Å². The van der Waals surface area contributed by atoms with Crippen LogP contribution in [0.4, 0.5) is 0 Å². The number of nitrogens with one attached hydrogen (secondary N) is 1. The van der Waals surface area contributed by atoms with Crippen LogP contribution in [0.3, 0.4) is 0 Å². The van der Waals surface area contributed by atoms with Gasteiger partial charge in [0.2, 0.25) is 5.91 Å². The number of β-amino-alcohol motifs (C(OH)–C–C–N with tert-alkyl or cyclic N) is 1. The highest BCUT2D eigenvalue weighted by molar-refractivity contribution is 5.86. The number of nitrogens with two attached hydrogens (primary N) is 1. The Hall–Kier alpha value is -1.67. The van der Waals surface area contributed by atoms with E-state index in [1.165, 1.54) is 7.11 Å². The summed E-state index contributed by atoms with van der Waals surface area (Å²) in [6, 6.07) is -0.702. The molecule has 1 fully saturated rings. The van der Waals surface area contributed by atoms with Gasteiger partial charge in [-0.2, -0.15) is 0 Å². The molecule has 4 N–H and O–H groups in total. The van der Waals surface area contributed by atoms with Gasteiger partial charge in [-0.15, -0.1) is 0 Å². The number of likely N-dealkylation sites (tertiary alicyclic amines) is 1. The summed E-state index contributed by atoms with van der Waals surface area (Å²) in [6.45, 7) is 4.47. The molecule has 1 aliphatic heterocycles. The fraction of sp³-hybridized carbons (Fsp3) is 0.800. The van der Waals surface area contributed by atoms with Crippen molar-refractivity contribution in [3.63, 3.8) is 0 Å². The predicted octanol–water partition coefficient (Wildman–Crippen LogP) is -0.997. The number of nitrogens with zero attached hydrogens (tertiary/aromatic N) is 1. The Morgan fingerprint density at radius 2 is 2.04 bits per heavy atom. The maximum atomic E-state index is 12.1. The van der Waals surface area contributed by atoms with Gasteiger partial charge in [-0.1, -0.05) is 13.8 Å². The van der Waals surface area contributed by atoms with E-state index < -0.39 is 23.5 Å². The lowest BCUT2D eigenvalue weighted by Crippen LogP contribution is -2.57. The Labute approximate surface area is 136 Å². The molecule has 0 bridgehead atoms. The number of ether oxygens (including phenoxy) is 1. The van der Waals surface area contributed by atoms with Gasteiger partial charge in [0.1, 0.15) is 6.04 Å². The second-order valence-electron chi connectivity index (χ2n) is 6.48. The van der Waals surface area contributed by atoms with Gasteiger partial charge in [0.15, 0.2) is 5.60 Å². The molecule has 0 aliphatic carbocycles. The highest BCUT2D eigenvalue weighted by atomic mass is 16.5. The maximum Gasteiger partial charge on any atom is 0.328 e. The fourth-order valence-electron chi connectivity index (χ4n) is 2.73. The first-order valence-electron chi connectivity index (χ1n) is 7.79. The summed E-state index contributed by atoms with van der Waals surface area (Å²) in [5, 5.41) is 12.8. The SMILES string of the molecule is COC(=O)C(CC(C)C)NC(=O)CN1CCCC(O)(C(N)=O)C1. The van der Waals surface area contributed by atoms with E-state index in [1.807, 2.05) is 13.8 Å². The zero-order valence-electron chi connectivity index (χ0n) is 14.0. The molecule has 0 aromatic carbocycles. The molecule has 0 spiro atoms. The molecule has 0 aromatic rings. The number of primary amides is 1. The van der Waals surface area contributed by atoms with Crippen LogP contribution in [0.15, 0.2) is 0 Å². The largest absolute Gasteiger partial charge is 0.467 e. The quantitative estimate of drug-likeness (QED) is 0.515. The van der Waals surface area contributed by atoms with Crippen molar-refractivity contribution in [1.29, 1.82) is 0 Å². The van der Waals surface area contributed by atoms with E-state index in [4.69, 9.17) is 10.5 Å². The molecular weight excluding hydrogens is 302 g/mol. The van der Waals surface area contributed by atoms with Crippen molar-refractivity contribution in [2.45, 2.75) is 44.8 Å². The number of amides is 2. The molecule has 23 heavy (non-hydrogen) atoms. The van der Waals surface area contributed by atoms with E-state index in [-0.39, 0.29) is 24.9 Å². The van der Waals surface area contributed by atoms with E-state index in [0.29, 0.717) is 25.8 Å². The first kappa shape index (κ1) is 19.4. The summed E-state index contributed by atoms with van der Waals surface area (Å²) in [7, 11) is 1.28. The van der Waals surface area contributed by atoms with Crippen molar-refractivity contribution in [2.75, 3.05) is 26.7 Å². The number of methoxy groups -OCH3 is 1. The molecule has 1 rings (SSSR count). The zero-order valence-corrected chi connectivity index (χ0v) is 14.0. The van der Waals surface area contributed by atoms with Gasteiger partial charge in [0.25, 0.3) is 5.91 Å². The van der Waals surface area contributed by atoms with Gasteiger partial charge >= 0.3 is 5.97 Å². The molecule has 1 heterocycles. The van der Waals surface area contributed by atoms with E-state index in [9.17, 15) is 19.5 Å². The molecular formula is C15H27N3O5. The molecule has 8 heteroatoms. The van der Waals surface area contributed by atoms with Crippen LogP contribution in [0, 0.1) is 5.92 Å². The molecule has 2 unspecified atom stereocenters. The second kappa shape index (κ2) is 8.26. The van der Waals surface area contributed by atoms with Crippen LogP contribution in [-0.4, -0.2) is 66.2 Å². The summed E-state index contributed by atoms with van der Waals surface area (Å²) in [4.78, 5) is 36.8. The number of hydrogen-bond donors (Lipinski definition) is 3. The van der Waals surface area contributed by atoms with Crippen LogP contribution >= 0.6 is 0 Å². The van der Waals surface area contributed by atoms with E-state index in [2.05, 4.69) is 5.32 Å². The number of rotatable bonds is 7. The molecule has 132 valence electrons. The minimum absolute atomic E-state index is 0.0127. The van der Waals surface area contributed by atoms with Crippen LogP contribution in [0.5, 0.6) is 0 Å². The topological polar surface area (TPSA) is 122 Å². The third-order valence-corrected chi connectivity index (χ3v) is 3.90. The van der Waals surface area contributed by atoms with Crippen LogP contribution in [0.2, 0.25) is 0 Å². The number of carbonyl (C=O) groups excluding carboxylic acids is 3. The zero-order chi connectivity index (χ0) is 17.6. The Bertz CT molecular complexity index is 454. The number of aliphatic hydroxyl groups is 1. The highest BCUT2D eigenvalue weighted by Gasteiger charge is 2.39. The number of esters is 1. The second-order valence-corrected chi connectivity index (χ2v) is 6.48. The van der Waals surface area contributed by atoms with E-state index in [1.54, 1.807) is 4.90 Å². The summed E-state index contributed by atoms with van der Waals surface area (Å²) in [6.07, 6.45) is 1.33. The maximum absolute atomic E-state index is 12.1. The number of carbonyl (C=O) groups is 3. The van der Waals surface area contributed by atoms with Crippen molar-refractivity contribution in [1.82, 2.24) is 10.2 Å². The van der Waals surface area contributed by atoms with Crippen molar-refractivity contribution in [3.8, 4) is 0 Å². The fourth-order valence-corrected chi connectivity index (χ4v) is 2.73.